The second kappa shape index (κ2) is 8.82. The highest BCUT2D eigenvalue weighted by molar-refractivity contribution is 5.85. The Kier molecular flexibility index (Phi) is 7.43. The number of aryl methyl sites for hydroxylation is 1. The van der Waals surface area contributed by atoms with Crippen molar-refractivity contribution in [1.29, 1.82) is 0 Å². The number of rotatable bonds is 6. The highest BCUT2D eigenvalue weighted by atomic mass is 35.5. The van der Waals surface area contributed by atoms with Crippen molar-refractivity contribution in [3.05, 3.63) is 65.2 Å². The van der Waals surface area contributed by atoms with Gasteiger partial charge in [0.2, 0.25) is 0 Å². The zero-order valence-corrected chi connectivity index (χ0v) is 14.4. The quantitative estimate of drug-likeness (QED) is 0.812. The van der Waals surface area contributed by atoms with E-state index < -0.39 is 0 Å². The molecule has 3 heteroatoms. The van der Waals surface area contributed by atoms with Gasteiger partial charge in [0.25, 0.3) is 0 Å². The molecular formula is C19H26ClNO. The maximum absolute atomic E-state index is 10.3. The lowest BCUT2D eigenvalue weighted by molar-refractivity contribution is 0.460. The summed E-state index contributed by atoms with van der Waals surface area (Å²) in [6, 6.07) is 16.8. The molecule has 1 unspecified atom stereocenters. The molecule has 0 saturated carbocycles. The van der Waals surface area contributed by atoms with Gasteiger partial charge in [-0.1, -0.05) is 61.9 Å². The minimum absolute atomic E-state index is 0. The predicted molar refractivity (Wildman–Crippen MR) is 96.1 cm³/mol. The third-order valence-electron chi connectivity index (χ3n) is 3.75. The first kappa shape index (κ1) is 18.5. The van der Waals surface area contributed by atoms with Crippen molar-refractivity contribution in [3.63, 3.8) is 0 Å². The van der Waals surface area contributed by atoms with Crippen LogP contribution in [-0.2, 0) is 0 Å². The van der Waals surface area contributed by atoms with Gasteiger partial charge in [-0.2, -0.15) is 0 Å². The van der Waals surface area contributed by atoms with Crippen molar-refractivity contribution in [2.24, 2.45) is 0 Å². The molecule has 0 bridgehead atoms. The number of halogens is 1. The lowest BCUT2D eigenvalue weighted by Gasteiger charge is -2.21. The Balaban J connectivity index is 0.00000242. The maximum atomic E-state index is 10.3. The summed E-state index contributed by atoms with van der Waals surface area (Å²) >= 11 is 0. The zero-order chi connectivity index (χ0) is 15.2. The minimum atomic E-state index is 0. The zero-order valence-electron chi connectivity index (χ0n) is 13.5. The number of hydrogen-bond donors (Lipinski definition) is 2. The highest BCUT2D eigenvalue weighted by Gasteiger charge is 2.17. The summed E-state index contributed by atoms with van der Waals surface area (Å²) in [6.45, 7) is 7.31. The van der Waals surface area contributed by atoms with Gasteiger partial charge in [-0.25, -0.2) is 0 Å². The third kappa shape index (κ3) is 5.04. The number of hydrogen-bond acceptors (Lipinski definition) is 2. The normalized spacial score (nSPS) is 12.0. The Labute approximate surface area is 140 Å². The first-order chi connectivity index (χ1) is 10.1. The first-order valence-corrected chi connectivity index (χ1v) is 7.65. The van der Waals surface area contributed by atoms with Crippen LogP contribution in [0.15, 0.2) is 48.5 Å². The van der Waals surface area contributed by atoms with Crippen molar-refractivity contribution in [2.45, 2.75) is 39.2 Å². The average molecular weight is 320 g/mol. The van der Waals surface area contributed by atoms with Crippen LogP contribution in [0.2, 0.25) is 0 Å². The fourth-order valence-corrected chi connectivity index (χ4v) is 2.66. The van der Waals surface area contributed by atoms with Crippen LogP contribution in [0.1, 0.15) is 42.9 Å². The first-order valence-electron chi connectivity index (χ1n) is 7.65. The molecule has 2 nitrogen and oxygen atoms in total. The molecule has 0 aliphatic rings. The molecule has 0 fully saturated rings. The summed E-state index contributed by atoms with van der Waals surface area (Å²) in [5, 5.41) is 13.7. The van der Waals surface area contributed by atoms with Crippen molar-refractivity contribution < 1.29 is 5.11 Å². The molecule has 0 heterocycles. The minimum Gasteiger partial charge on any atom is -0.508 e. The molecule has 1 atom stereocenters. The average Bonchev–Trinajstić information content (AvgIpc) is 2.47. The smallest absolute Gasteiger partial charge is 0.119 e. The van der Waals surface area contributed by atoms with Crippen LogP contribution in [-0.4, -0.2) is 17.7 Å². The summed E-state index contributed by atoms with van der Waals surface area (Å²) in [5.41, 5.74) is 3.45. The van der Waals surface area contributed by atoms with Crippen LogP contribution in [0.4, 0.5) is 0 Å². The molecule has 2 aromatic rings. The van der Waals surface area contributed by atoms with E-state index in [1.54, 1.807) is 6.07 Å². The lowest BCUT2D eigenvalue weighted by Crippen LogP contribution is -2.25. The number of phenolic OH excluding ortho intramolecular Hbond substituents is 1. The predicted octanol–water partition coefficient (Wildman–Crippen LogP) is 4.64. The molecule has 2 N–H and O–H groups in total. The van der Waals surface area contributed by atoms with Crippen LogP contribution < -0.4 is 5.32 Å². The van der Waals surface area contributed by atoms with Crippen LogP contribution in [0, 0.1) is 6.92 Å². The van der Waals surface area contributed by atoms with Gasteiger partial charge in [0.15, 0.2) is 0 Å². The van der Waals surface area contributed by atoms with E-state index in [2.05, 4.69) is 56.4 Å². The Morgan fingerprint density at radius 2 is 1.73 bits per heavy atom. The van der Waals surface area contributed by atoms with Crippen LogP contribution >= 0.6 is 12.4 Å². The SMILES string of the molecule is Cc1ccc(O)c(C(CCNC(C)C)c2ccccc2)c1.Cl. The molecule has 2 aromatic carbocycles. The van der Waals surface area contributed by atoms with Gasteiger partial charge >= 0.3 is 0 Å². The topological polar surface area (TPSA) is 32.3 Å². The van der Waals surface area contributed by atoms with Crippen molar-refractivity contribution >= 4 is 12.4 Å². The molecule has 0 aliphatic heterocycles. The van der Waals surface area contributed by atoms with Gasteiger partial charge in [0.1, 0.15) is 5.75 Å². The van der Waals surface area contributed by atoms with Crippen LogP contribution in [0.5, 0.6) is 5.75 Å². The fourth-order valence-electron chi connectivity index (χ4n) is 2.66. The van der Waals surface area contributed by atoms with E-state index in [0.717, 1.165) is 18.5 Å². The van der Waals surface area contributed by atoms with E-state index in [-0.39, 0.29) is 18.3 Å². The number of phenols is 1. The standard InChI is InChI=1S/C19H25NO.ClH/c1-14(2)20-12-11-17(16-7-5-4-6-8-16)18-13-15(3)9-10-19(18)21;/h4-10,13-14,17,20-21H,11-12H2,1-3H3;1H. The van der Waals surface area contributed by atoms with Gasteiger partial charge < -0.3 is 10.4 Å². The van der Waals surface area contributed by atoms with E-state index in [4.69, 9.17) is 0 Å². The van der Waals surface area contributed by atoms with E-state index in [0.29, 0.717) is 11.8 Å². The second-order valence-corrected chi connectivity index (χ2v) is 5.92. The molecule has 22 heavy (non-hydrogen) atoms. The van der Waals surface area contributed by atoms with E-state index in [9.17, 15) is 5.11 Å². The largest absolute Gasteiger partial charge is 0.508 e. The molecule has 120 valence electrons. The molecule has 0 aromatic heterocycles. The van der Waals surface area contributed by atoms with Crippen LogP contribution in [0.25, 0.3) is 0 Å². The summed E-state index contributed by atoms with van der Waals surface area (Å²) < 4.78 is 0. The van der Waals surface area contributed by atoms with Gasteiger partial charge in [-0.05, 0) is 31.5 Å². The van der Waals surface area contributed by atoms with Crippen molar-refractivity contribution in [3.8, 4) is 5.75 Å². The van der Waals surface area contributed by atoms with Gasteiger partial charge in [-0.15, -0.1) is 12.4 Å². The molecular weight excluding hydrogens is 294 g/mol. The van der Waals surface area contributed by atoms with Gasteiger partial charge in [0, 0.05) is 17.5 Å². The lowest BCUT2D eigenvalue weighted by atomic mass is 9.87. The van der Waals surface area contributed by atoms with E-state index in [1.807, 2.05) is 12.1 Å². The highest BCUT2D eigenvalue weighted by Crippen LogP contribution is 2.34. The number of benzene rings is 2. The monoisotopic (exact) mass is 319 g/mol. The third-order valence-corrected chi connectivity index (χ3v) is 3.75. The van der Waals surface area contributed by atoms with Crippen LogP contribution in [0.3, 0.4) is 0 Å². The molecule has 0 aliphatic carbocycles. The molecule has 0 amide bonds. The maximum Gasteiger partial charge on any atom is 0.119 e. The fraction of sp³-hybridized carbons (Fsp3) is 0.368. The summed E-state index contributed by atoms with van der Waals surface area (Å²) in [4.78, 5) is 0. The summed E-state index contributed by atoms with van der Waals surface area (Å²) in [5.74, 6) is 0.608. The molecule has 2 rings (SSSR count). The Morgan fingerprint density at radius 1 is 1.05 bits per heavy atom. The van der Waals surface area contributed by atoms with Crippen molar-refractivity contribution in [2.75, 3.05) is 6.54 Å². The Morgan fingerprint density at radius 3 is 2.36 bits per heavy atom. The molecule has 0 saturated heterocycles. The van der Waals surface area contributed by atoms with Gasteiger partial charge in [0.05, 0.1) is 0 Å². The Hall–Kier alpha value is -1.51. The van der Waals surface area contributed by atoms with E-state index in [1.165, 1.54) is 11.1 Å². The second-order valence-electron chi connectivity index (χ2n) is 5.92. The van der Waals surface area contributed by atoms with Crippen molar-refractivity contribution in [1.82, 2.24) is 5.32 Å². The molecule has 0 radical (unpaired) electrons. The molecule has 0 spiro atoms. The van der Waals surface area contributed by atoms with E-state index >= 15 is 0 Å². The summed E-state index contributed by atoms with van der Waals surface area (Å²) in [6.07, 6.45) is 0.971. The Bertz CT molecular complexity index is 569. The summed E-state index contributed by atoms with van der Waals surface area (Å²) in [7, 11) is 0. The van der Waals surface area contributed by atoms with Gasteiger partial charge in [-0.3, -0.25) is 0 Å². The number of aromatic hydroxyl groups is 1. The number of nitrogens with one attached hydrogen (secondary N) is 1.